The van der Waals surface area contributed by atoms with Crippen molar-refractivity contribution < 1.29 is 9.53 Å². The Morgan fingerprint density at radius 2 is 1.73 bits per heavy atom. The molecule has 4 nitrogen and oxygen atoms in total. The first kappa shape index (κ1) is 18.7. The van der Waals surface area contributed by atoms with E-state index in [-0.39, 0.29) is 12.0 Å². The fourth-order valence-electron chi connectivity index (χ4n) is 3.19. The molecular weight excluding hydrogens is 348 g/mol. The van der Waals surface area contributed by atoms with Crippen LogP contribution in [0.15, 0.2) is 48.5 Å². The van der Waals surface area contributed by atoms with Crippen LogP contribution in [-0.4, -0.2) is 30.0 Å². The van der Waals surface area contributed by atoms with Gasteiger partial charge in [-0.2, -0.15) is 0 Å². The Bertz CT molecular complexity index is 725. The number of amides is 1. The van der Waals surface area contributed by atoms with Gasteiger partial charge in [0, 0.05) is 38.9 Å². The Morgan fingerprint density at radius 1 is 1.08 bits per heavy atom. The fraction of sp³-hybridized carbons (Fsp3) is 0.381. The number of likely N-dealkylation sites (tertiary alicyclic amines) is 1. The Hall–Kier alpha value is -2.04. The molecule has 0 aliphatic carbocycles. The average Bonchev–Trinajstić information content (AvgIpc) is 2.69. The van der Waals surface area contributed by atoms with Crippen molar-refractivity contribution in [2.24, 2.45) is 5.73 Å². The molecule has 0 atom stereocenters. The first-order valence-electron chi connectivity index (χ1n) is 9.12. The van der Waals surface area contributed by atoms with Crippen LogP contribution < -0.4 is 10.5 Å². The van der Waals surface area contributed by atoms with Crippen LogP contribution in [0.4, 0.5) is 0 Å². The summed E-state index contributed by atoms with van der Waals surface area (Å²) >= 11 is 6.14. The first-order chi connectivity index (χ1) is 12.7. The van der Waals surface area contributed by atoms with E-state index in [9.17, 15) is 4.79 Å². The van der Waals surface area contributed by atoms with Gasteiger partial charge in [-0.1, -0.05) is 48.0 Å². The molecule has 1 amide bonds. The predicted molar refractivity (Wildman–Crippen MR) is 104 cm³/mol. The van der Waals surface area contributed by atoms with Crippen LogP contribution >= 0.6 is 11.6 Å². The third-order valence-electron chi connectivity index (χ3n) is 4.81. The number of para-hydroxylation sites is 1. The van der Waals surface area contributed by atoms with E-state index < -0.39 is 0 Å². The SMILES string of the molecule is NCc1ccc(CCC(=O)N2CCC(Oc3ccccc3Cl)CC2)cc1. The number of nitrogens with two attached hydrogens (primary N) is 1. The van der Waals surface area contributed by atoms with E-state index in [1.165, 1.54) is 5.56 Å². The van der Waals surface area contributed by atoms with E-state index >= 15 is 0 Å². The topological polar surface area (TPSA) is 55.6 Å². The second-order valence-electron chi connectivity index (χ2n) is 6.65. The Kier molecular flexibility index (Phi) is 6.53. The zero-order chi connectivity index (χ0) is 18.4. The fourth-order valence-corrected chi connectivity index (χ4v) is 3.37. The van der Waals surface area contributed by atoms with Gasteiger partial charge in [0.1, 0.15) is 11.9 Å². The third-order valence-corrected chi connectivity index (χ3v) is 5.12. The average molecular weight is 373 g/mol. The van der Waals surface area contributed by atoms with Crippen LogP contribution in [0.2, 0.25) is 5.02 Å². The van der Waals surface area contributed by atoms with Crippen LogP contribution in [0.25, 0.3) is 0 Å². The van der Waals surface area contributed by atoms with Crippen LogP contribution in [-0.2, 0) is 17.8 Å². The van der Waals surface area contributed by atoms with Gasteiger partial charge in [-0.15, -0.1) is 0 Å². The molecule has 2 aromatic rings. The highest BCUT2D eigenvalue weighted by Gasteiger charge is 2.24. The molecule has 0 spiro atoms. The molecule has 0 unspecified atom stereocenters. The second kappa shape index (κ2) is 9.06. The molecule has 2 N–H and O–H groups in total. The summed E-state index contributed by atoms with van der Waals surface area (Å²) in [5.41, 5.74) is 7.89. The highest BCUT2D eigenvalue weighted by Crippen LogP contribution is 2.27. The summed E-state index contributed by atoms with van der Waals surface area (Å²) in [6.45, 7) is 2.02. The highest BCUT2D eigenvalue weighted by atomic mass is 35.5. The standard InChI is InChI=1S/C21H25ClN2O2/c22-19-3-1-2-4-20(19)26-18-11-13-24(14-12-18)21(25)10-9-16-5-7-17(15-23)8-6-16/h1-8,18H,9-15,23H2. The van der Waals surface area contributed by atoms with Gasteiger partial charge in [0.25, 0.3) is 0 Å². The molecule has 1 aliphatic heterocycles. The lowest BCUT2D eigenvalue weighted by atomic mass is 10.0. The van der Waals surface area contributed by atoms with Crippen LogP contribution in [0.5, 0.6) is 5.75 Å². The largest absolute Gasteiger partial charge is 0.489 e. The van der Waals surface area contributed by atoms with Crippen molar-refractivity contribution in [2.45, 2.75) is 38.3 Å². The second-order valence-corrected chi connectivity index (χ2v) is 7.06. The summed E-state index contributed by atoms with van der Waals surface area (Å²) in [5, 5.41) is 0.631. The normalized spacial score (nSPS) is 15.1. The van der Waals surface area contributed by atoms with Crippen LogP contribution in [0, 0.1) is 0 Å². The highest BCUT2D eigenvalue weighted by molar-refractivity contribution is 6.32. The zero-order valence-corrected chi connectivity index (χ0v) is 15.6. The lowest BCUT2D eigenvalue weighted by Gasteiger charge is -2.32. The van der Waals surface area contributed by atoms with E-state index in [1.54, 1.807) is 0 Å². The third kappa shape index (κ3) is 4.99. The minimum atomic E-state index is 0.114. The number of hydrogen-bond acceptors (Lipinski definition) is 3. The number of carbonyl (C=O) groups excluding carboxylic acids is 1. The maximum Gasteiger partial charge on any atom is 0.222 e. The molecule has 1 heterocycles. The van der Waals surface area contributed by atoms with E-state index in [0.29, 0.717) is 18.0 Å². The van der Waals surface area contributed by atoms with Crippen molar-refractivity contribution >= 4 is 17.5 Å². The quantitative estimate of drug-likeness (QED) is 0.839. The van der Waals surface area contributed by atoms with Crippen LogP contribution in [0.3, 0.4) is 0 Å². The molecule has 1 saturated heterocycles. The van der Waals surface area contributed by atoms with Crippen LogP contribution in [0.1, 0.15) is 30.4 Å². The van der Waals surface area contributed by atoms with Gasteiger partial charge >= 0.3 is 0 Å². The van der Waals surface area contributed by atoms with Crippen molar-refractivity contribution in [3.63, 3.8) is 0 Å². The van der Waals surface area contributed by atoms with Crippen molar-refractivity contribution in [2.75, 3.05) is 13.1 Å². The lowest BCUT2D eigenvalue weighted by Crippen LogP contribution is -2.41. The molecule has 138 valence electrons. The molecule has 3 rings (SSSR count). The molecule has 0 aromatic heterocycles. The van der Waals surface area contributed by atoms with Crippen molar-refractivity contribution in [3.8, 4) is 5.75 Å². The summed E-state index contributed by atoms with van der Waals surface area (Å²) in [6.07, 6.45) is 3.09. The molecular formula is C21H25ClN2O2. The van der Waals surface area contributed by atoms with Crippen molar-refractivity contribution in [1.82, 2.24) is 4.90 Å². The van der Waals surface area contributed by atoms with Gasteiger partial charge in [-0.25, -0.2) is 0 Å². The number of hydrogen-bond donors (Lipinski definition) is 1. The maximum absolute atomic E-state index is 12.5. The number of rotatable bonds is 6. The van der Waals surface area contributed by atoms with E-state index in [2.05, 4.69) is 12.1 Å². The van der Waals surface area contributed by atoms with Crippen molar-refractivity contribution in [1.29, 1.82) is 0 Å². The number of piperidine rings is 1. The number of aryl methyl sites for hydroxylation is 1. The number of halogens is 1. The first-order valence-corrected chi connectivity index (χ1v) is 9.50. The number of nitrogens with zero attached hydrogens (tertiary/aromatic N) is 1. The molecule has 5 heteroatoms. The molecule has 1 fully saturated rings. The number of benzene rings is 2. The molecule has 0 saturated carbocycles. The van der Waals surface area contributed by atoms with Gasteiger partial charge in [0.05, 0.1) is 5.02 Å². The van der Waals surface area contributed by atoms with E-state index in [4.69, 9.17) is 22.1 Å². The Balaban J connectivity index is 1.43. The summed E-state index contributed by atoms with van der Waals surface area (Å²) in [4.78, 5) is 14.4. The minimum Gasteiger partial charge on any atom is -0.489 e. The monoisotopic (exact) mass is 372 g/mol. The molecule has 1 aliphatic rings. The summed E-state index contributed by atoms with van der Waals surface area (Å²) in [7, 11) is 0. The van der Waals surface area contributed by atoms with Gasteiger partial charge < -0.3 is 15.4 Å². The Labute approximate surface area is 159 Å². The lowest BCUT2D eigenvalue weighted by molar-refractivity contribution is -0.132. The predicted octanol–water partition coefficient (Wildman–Crippen LogP) is 3.80. The van der Waals surface area contributed by atoms with E-state index in [0.717, 1.165) is 43.7 Å². The molecule has 2 aromatic carbocycles. The van der Waals surface area contributed by atoms with Gasteiger partial charge in [-0.3, -0.25) is 4.79 Å². The van der Waals surface area contributed by atoms with Gasteiger partial charge in [0.15, 0.2) is 0 Å². The molecule has 0 radical (unpaired) electrons. The van der Waals surface area contributed by atoms with E-state index in [1.807, 2.05) is 41.3 Å². The summed E-state index contributed by atoms with van der Waals surface area (Å²) < 4.78 is 5.99. The molecule has 0 bridgehead atoms. The molecule has 26 heavy (non-hydrogen) atoms. The summed E-state index contributed by atoms with van der Waals surface area (Å²) in [6, 6.07) is 15.7. The van der Waals surface area contributed by atoms with Crippen molar-refractivity contribution in [3.05, 3.63) is 64.7 Å². The zero-order valence-electron chi connectivity index (χ0n) is 14.9. The minimum absolute atomic E-state index is 0.114. The smallest absolute Gasteiger partial charge is 0.222 e. The number of ether oxygens (including phenoxy) is 1. The Morgan fingerprint density at radius 3 is 2.38 bits per heavy atom. The van der Waals surface area contributed by atoms with Gasteiger partial charge in [0.2, 0.25) is 5.91 Å². The van der Waals surface area contributed by atoms with Gasteiger partial charge in [-0.05, 0) is 29.7 Å². The summed E-state index contributed by atoms with van der Waals surface area (Å²) in [5.74, 6) is 0.934. The number of carbonyl (C=O) groups is 1. The maximum atomic E-state index is 12.5.